The smallest absolute Gasteiger partial charge is 0.347 e. The monoisotopic (exact) mass is 679 g/mol. The van der Waals surface area contributed by atoms with E-state index in [4.69, 9.17) is 0 Å². The predicted molar refractivity (Wildman–Crippen MR) is 175 cm³/mol. The van der Waals surface area contributed by atoms with Crippen LogP contribution in [-0.2, 0) is 16.4 Å². The number of carbonyl (C=O) groups excluding carboxylic acids is 2. The molecule has 1 fully saturated rings. The van der Waals surface area contributed by atoms with Gasteiger partial charge in [-0.1, -0.05) is 91.7 Å². The van der Waals surface area contributed by atoms with Crippen LogP contribution in [0.3, 0.4) is 0 Å². The van der Waals surface area contributed by atoms with E-state index in [0.29, 0.717) is 42.6 Å². The third-order valence-electron chi connectivity index (χ3n) is 9.41. The Morgan fingerprint density at radius 2 is 1.29 bits per heavy atom. The van der Waals surface area contributed by atoms with Crippen LogP contribution in [0.1, 0.15) is 52.7 Å². The number of fused-ring (bicyclic) bond motifs is 3. The molecule has 2 amide bonds. The number of nitrogens with zero attached hydrogens (tertiary/aromatic N) is 1. The molecule has 0 aromatic heterocycles. The van der Waals surface area contributed by atoms with Crippen molar-refractivity contribution in [3.8, 4) is 22.3 Å². The number of hydrogen-bond donors (Lipinski definition) is 2. The molecule has 2 N–H and O–H groups in total. The third-order valence-corrected chi connectivity index (χ3v) is 9.41. The highest BCUT2D eigenvalue weighted by Crippen LogP contribution is 2.51. The summed E-state index contributed by atoms with van der Waals surface area (Å²) in [6.45, 7) is 0.637. The molecule has 0 unspecified atom stereocenters. The van der Waals surface area contributed by atoms with Crippen molar-refractivity contribution < 1.29 is 35.9 Å². The van der Waals surface area contributed by atoms with Gasteiger partial charge in [0.2, 0.25) is 5.91 Å². The fraction of sp³-hybridized carbons (Fsp3) is 0.316. The van der Waals surface area contributed by atoms with Crippen LogP contribution in [0.5, 0.6) is 0 Å². The molecule has 0 bridgehead atoms. The SMILES string of the molecule is O=C(NC1CN(CCCCCC2(C(=O)NCC(F)(F)F)c3ccccc3-c3ccccc32)C1)c1ccccc1-c1ccc(C(F)(F)F)cc1. The van der Waals surface area contributed by atoms with Crippen molar-refractivity contribution in [1.82, 2.24) is 15.5 Å². The lowest BCUT2D eigenvalue weighted by atomic mass is 9.73. The Hall–Kier alpha value is -4.64. The summed E-state index contributed by atoms with van der Waals surface area (Å²) >= 11 is 0. The van der Waals surface area contributed by atoms with Crippen LogP contribution < -0.4 is 10.6 Å². The number of halogens is 6. The molecule has 256 valence electrons. The van der Waals surface area contributed by atoms with Gasteiger partial charge in [-0.15, -0.1) is 0 Å². The van der Waals surface area contributed by atoms with E-state index in [-0.39, 0.29) is 11.9 Å². The standard InChI is InChI=1S/C38H35F6N3O2/c39-37(40,41)24-45-35(49)36(32-14-6-4-11-29(32)30-12-5-7-15-33(30)36)20-8-1-9-21-47-22-27(23-47)46-34(48)31-13-3-2-10-28(31)25-16-18-26(19-17-25)38(42,43)44/h2-7,10-19,27H,1,8-9,20-24H2,(H,45,49)(H,46,48). The second-order valence-corrected chi connectivity index (χ2v) is 12.7. The van der Waals surface area contributed by atoms with Gasteiger partial charge in [0.15, 0.2) is 0 Å². The molecule has 1 heterocycles. The van der Waals surface area contributed by atoms with Gasteiger partial charge in [-0.2, -0.15) is 26.3 Å². The van der Waals surface area contributed by atoms with Crippen molar-refractivity contribution in [2.24, 2.45) is 0 Å². The van der Waals surface area contributed by atoms with Crippen molar-refractivity contribution in [1.29, 1.82) is 0 Å². The molecule has 1 saturated heterocycles. The first kappa shape index (κ1) is 34.2. The first-order chi connectivity index (χ1) is 23.4. The highest BCUT2D eigenvalue weighted by molar-refractivity contribution is 6.01. The fourth-order valence-electron chi connectivity index (χ4n) is 7.07. The minimum absolute atomic E-state index is 0.0831. The lowest BCUT2D eigenvalue weighted by molar-refractivity contribution is -0.141. The molecule has 1 aliphatic heterocycles. The number of carbonyl (C=O) groups is 2. The summed E-state index contributed by atoms with van der Waals surface area (Å²) in [6, 6.07) is 26.3. The van der Waals surface area contributed by atoms with Crippen LogP contribution in [-0.4, -0.2) is 55.1 Å². The minimum atomic E-state index is -4.53. The molecule has 0 radical (unpaired) electrons. The van der Waals surface area contributed by atoms with Crippen molar-refractivity contribution in [3.63, 3.8) is 0 Å². The van der Waals surface area contributed by atoms with Crippen LogP contribution in [0.25, 0.3) is 22.3 Å². The first-order valence-electron chi connectivity index (χ1n) is 16.2. The zero-order valence-corrected chi connectivity index (χ0v) is 26.5. The Bertz CT molecular complexity index is 1770. The van der Waals surface area contributed by atoms with Crippen LogP contribution in [0.15, 0.2) is 97.1 Å². The van der Waals surface area contributed by atoms with Gasteiger partial charge in [-0.25, -0.2) is 0 Å². The van der Waals surface area contributed by atoms with Gasteiger partial charge in [0.25, 0.3) is 5.91 Å². The Labute approximate surface area is 280 Å². The van der Waals surface area contributed by atoms with Gasteiger partial charge < -0.3 is 10.6 Å². The number of likely N-dealkylation sites (tertiary alicyclic amines) is 1. The minimum Gasteiger partial charge on any atom is -0.347 e. The van der Waals surface area contributed by atoms with E-state index in [1.165, 1.54) is 12.1 Å². The highest BCUT2D eigenvalue weighted by Gasteiger charge is 2.49. The van der Waals surface area contributed by atoms with E-state index in [0.717, 1.165) is 53.8 Å². The molecule has 4 aromatic carbocycles. The molecule has 5 nitrogen and oxygen atoms in total. The molecule has 1 aliphatic carbocycles. The Kier molecular flexibility index (Phi) is 9.57. The molecule has 0 saturated carbocycles. The van der Waals surface area contributed by atoms with Crippen molar-refractivity contribution in [2.45, 2.75) is 49.5 Å². The summed E-state index contributed by atoms with van der Waals surface area (Å²) in [5.74, 6) is -0.949. The highest BCUT2D eigenvalue weighted by atomic mass is 19.4. The van der Waals surface area contributed by atoms with Gasteiger partial charge in [-0.3, -0.25) is 14.5 Å². The van der Waals surface area contributed by atoms with Crippen molar-refractivity contribution in [2.75, 3.05) is 26.2 Å². The Morgan fingerprint density at radius 3 is 1.88 bits per heavy atom. The lowest BCUT2D eigenvalue weighted by Crippen LogP contribution is -2.59. The normalized spacial score (nSPS) is 15.6. The summed E-state index contributed by atoms with van der Waals surface area (Å²) in [7, 11) is 0. The lowest BCUT2D eigenvalue weighted by Gasteiger charge is -2.39. The average Bonchev–Trinajstić information content (AvgIpc) is 3.35. The average molecular weight is 680 g/mol. The number of hydrogen-bond acceptors (Lipinski definition) is 3. The van der Waals surface area contributed by atoms with E-state index in [1.807, 2.05) is 48.5 Å². The van der Waals surface area contributed by atoms with Crippen LogP contribution in [0, 0.1) is 0 Å². The topological polar surface area (TPSA) is 61.4 Å². The van der Waals surface area contributed by atoms with Gasteiger partial charge in [-0.05, 0) is 71.0 Å². The van der Waals surface area contributed by atoms with Crippen LogP contribution >= 0.6 is 0 Å². The molecule has 6 rings (SSSR count). The number of alkyl halides is 6. The second kappa shape index (κ2) is 13.7. The largest absolute Gasteiger partial charge is 0.416 e. The van der Waals surface area contributed by atoms with E-state index in [2.05, 4.69) is 15.5 Å². The quantitative estimate of drug-likeness (QED) is 0.125. The van der Waals surface area contributed by atoms with Crippen LogP contribution in [0.4, 0.5) is 26.3 Å². The maximum Gasteiger partial charge on any atom is 0.416 e. The van der Waals surface area contributed by atoms with Gasteiger partial charge in [0.05, 0.1) is 11.6 Å². The third kappa shape index (κ3) is 7.22. The summed E-state index contributed by atoms with van der Waals surface area (Å²) < 4.78 is 78.4. The zero-order valence-electron chi connectivity index (χ0n) is 26.5. The summed E-state index contributed by atoms with van der Waals surface area (Å²) in [6.07, 6.45) is -6.43. The van der Waals surface area contributed by atoms with Crippen LogP contribution in [0.2, 0.25) is 0 Å². The van der Waals surface area contributed by atoms with Gasteiger partial charge in [0.1, 0.15) is 12.0 Å². The van der Waals surface area contributed by atoms with E-state index in [9.17, 15) is 35.9 Å². The van der Waals surface area contributed by atoms with Crippen molar-refractivity contribution >= 4 is 11.8 Å². The second-order valence-electron chi connectivity index (χ2n) is 12.7. The van der Waals surface area contributed by atoms with Gasteiger partial charge in [0, 0.05) is 18.7 Å². The van der Waals surface area contributed by atoms with E-state index < -0.39 is 35.8 Å². The summed E-state index contributed by atoms with van der Waals surface area (Å²) in [5, 5.41) is 5.19. The number of unbranched alkanes of at least 4 members (excludes halogenated alkanes) is 2. The molecule has 2 aliphatic rings. The molecule has 11 heteroatoms. The van der Waals surface area contributed by atoms with E-state index in [1.54, 1.807) is 24.3 Å². The maximum atomic E-state index is 13.6. The summed E-state index contributed by atoms with van der Waals surface area (Å²) in [5.41, 5.74) is 2.61. The zero-order chi connectivity index (χ0) is 34.8. The maximum absolute atomic E-state index is 13.6. The fourth-order valence-corrected chi connectivity index (χ4v) is 7.07. The summed E-state index contributed by atoms with van der Waals surface area (Å²) in [4.78, 5) is 29.0. The Balaban J connectivity index is 1.03. The molecule has 0 spiro atoms. The number of nitrogens with one attached hydrogen (secondary N) is 2. The number of rotatable bonds is 11. The van der Waals surface area contributed by atoms with Gasteiger partial charge >= 0.3 is 12.4 Å². The van der Waals surface area contributed by atoms with Crippen molar-refractivity contribution in [3.05, 3.63) is 119 Å². The number of amides is 2. The van der Waals surface area contributed by atoms with E-state index >= 15 is 0 Å². The molecule has 4 aromatic rings. The Morgan fingerprint density at radius 1 is 0.714 bits per heavy atom. The molecular formula is C38H35F6N3O2. The molecule has 0 atom stereocenters. The molecule has 49 heavy (non-hydrogen) atoms. The molecular weight excluding hydrogens is 644 g/mol. The first-order valence-corrected chi connectivity index (χ1v) is 16.2. The predicted octanol–water partition coefficient (Wildman–Crippen LogP) is 7.99. The number of benzene rings is 4.